The molecule has 19 heavy (non-hydrogen) atoms. The molecule has 0 aliphatic heterocycles. The summed E-state index contributed by atoms with van der Waals surface area (Å²) in [4.78, 5) is 22.1. The van der Waals surface area contributed by atoms with E-state index in [0.717, 1.165) is 5.69 Å². The van der Waals surface area contributed by atoms with E-state index in [9.17, 15) is 18.0 Å². The van der Waals surface area contributed by atoms with E-state index in [1.54, 1.807) is 12.1 Å². The van der Waals surface area contributed by atoms with E-state index in [1.165, 1.54) is 12.1 Å². The van der Waals surface area contributed by atoms with Crippen molar-refractivity contribution in [2.45, 2.75) is 11.7 Å². The molecule has 0 fully saturated rings. The molecule has 0 spiro atoms. The fourth-order valence-corrected chi connectivity index (χ4v) is 1.91. The zero-order chi connectivity index (χ0) is 14.6. The van der Waals surface area contributed by atoms with Crippen LogP contribution < -0.4 is 11.1 Å². The Balaban J connectivity index is 2.74. The average molecular weight is 289 g/mol. The molecule has 0 aliphatic carbocycles. The maximum Gasteiger partial charge on any atom is 0.324 e. The van der Waals surface area contributed by atoms with Gasteiger partial charge in [-0.1, -0.05) is 0 Å². The second-order valence-corrected chi connectivity index (χ2v) is 5.39. The second kappa shape index (κ2) is 5.78. The van der Waals surface area contributed by atoms with E-state index in [0.29, 0.717) is 5.69 Å². The van der Waals surface area contributed by atoms with Gasteiger partial charge in [-0.05, 0) is 12.1 Å². The SMILES string of the molecule is [NH3+]c1ccc(NC(=O)CC(C(=O)O)S(=O)(=O)O)cc1. The number of amides is 1. The van der Waals surface area contributed by atoms with Gasteiger partial charge in [0.2, 0.25) is 5.91 Å². The highest BCUT2D eigenvalue weighted by atomic mass is 32.2. The summed E-state index contributed by atoms with van der Waals surface area (Å²) in [5.74, 6) is -2.62. The number of hydrogen-bond donors (Lipinski definition) is 4. The van der Waals surface area contributed by atoms with Crippen LogP contribution in [0.4, 0.5) is 11.4 Å². The predicted molar refractivity (Wildman–Crippen MR) is 65.2 cm³/mol. The average Bonchev–Trinajstić information content (AvgIpc) is 2.27. The minimum Gasteiger partial charge on any atom is -0.480 e. The second-order valence-electron chi connectivity index (χ2n) is 3.79. The summed E-state index contributed by atoms with van der Waals surface area (Å²) in [6.07, 6.45) is -0.875. The van der Waals surface area contributed by atoms with Gasteiger partial charge >= 0.3 is 5.97 Å². The summed E-state index contributed by atoms with van der Waals surface area (Å²) in [7, 11) is -4.83. The molecule has 1 unspecified atom stereocenters. The maximum atomic E-state index is 11.5. The van der Waals surface area contributed by atoms with Gasteiger partial charge in [0.25, 0.3) is 10.1 Å². The van der Waals surface area contributed by atoms with Gasteiger partial charge < -0.3 is 16.2 Å². The molecule has 0 bridgehead atoms. The first-order valence-corrected chi connectivity index (χ1v) is 6.61. The zero-order valence-electron chi connectivity index (χ0n) is 9.74. The molecule has 0 radical (unpaired) electrons. The molecule has 104 valence electrons. The van der Waals surface area contributed by atoms with Crippen molar-refractivity contribution in [1.29, 1.82) is 0 Å². The predicted octanol–water partition coefficient (Wildman–Crippen LogP) is -0.770. The van der Waals surface area contributed by atoms with Crippen LogP contribution in [0.1, 0.15) is 6.42 Å². The Hall–Kier alpha value is -1.97. The molecule has 1 aromatic carbocycles. The van der Waals surface area contributed by atoms with Crippen molar-refractivity contribution in [3.05, 3.63) is 24.3 Å². The van der Waals surface area contributed by atoms with Crippen LogP contribution in [0.5, 0.6) is 0 Å². The molecule has 9 heteroatoms. The van der Waals surface area contributed by atoms with Gasteiger partial charge in [0.05, 0.1) is 6.42 Å². The Morgan fingerprint density at radius 1 is 1.26 bits per heavy atom. The number of carboxylic acid groups (broad SMARTS) is 1. The Morgan fingerprint density at radius 2 is 1.79 bits per heavy atom. The first kappa shape index (κ1) is 15.1. The topological polar surface area (TPSA) is 148 Å². The van der Waals surface area contributed by atoms with E-state index >= 15 is 0 Å². The lowest BCUT2D eigenvalue weighted by molar-refractivity contribution is -0.254. The quantitative estimate of drug-likeness (QED) is 0.523. The number of carbonyl (C=O) groups is 2. The normalized spacial score (nSPS) is 12.7. The monoisotopic (exact) mass is 289 g/mol. The van der Waals surface area contributed by atoms with Crippen LogP contribution >= 0.6 is 0 Å². The van der Waals surface area contributed by atoms with Crippen LogP contribution in [0.2, 0.25) is 0 Å². The molecule has 0 saturated carbocycles. The van der Waals surface area contributed by atoms with Gasteiger partial charge in [0.15, 0.2) is 5.25 Å². The molecular weight excluding hydrogens is 276 g/mol. The summed E-state index contributed by atoms with van der Waals surface area (Å²) in [5, 5.41) is 8.77. The number of quaternary nitrogens is 1. The van der Waals surface area contributed by atoms with Gasteiger partial charge in [-0.3, -0.25) is 14.1 Å². The summed E-state index contributed by atoms with van der Waals surface area (Å²) in [5.41, 5.74) is 4.74. The Bertz CT molecular complexity index is 581. The highest BCUT2D eigenvalue weighted by molar-refractivity contribution is 7.87. The molecule has 1 rings (SSSR count). The first-order chi connectivity index (χ1) is 8.70. The maximum absolute atomic E-state index is 11.5. The van der Waals surface area contributed by atoms with Gasteiger partial charge in [0, 0.05) is 17.8 Å². The molecule has 1 amide bonds. The lowest BCUT2D eigenvalue weighted by atomic mass is 10.2. The lowest BCUT2D eigenvalue weighted by Gasteiger charge is -2.09. The highest BCUT2D eigenvalue weighted by Gasteiger charge is 2.33. The van der Waals surface area contributed by atoms with Crippen LogP contribution in [-0.2, 0) is 19.7 Å². The van der Waals surface area contributed by atoms with Crippen molar-refractivity contribution < 1.29 is 33.4 Å². The number of carbonyl (C=O) groups excluding carboxylic acids is 1. The van der Waals surface area contributed by atoms with Crippen molar-refractivity contribution in [2.75, 3.05) is 5.32 Å². The summed E-state index contributed by atoms with van der Waals surface area (Å²) >= 11 is 0. The molecule has 1 aromatic rings. The van der Waals surface area contributed by atoms with Gasteiger partial charge in [-0.2, -0.15) is 8.42 Å². The number of hydrogen-bond acceptors (Lipinski definition) is 4. The molecule has 0 aromatic heterocycles. The van der Waals surface area contributed by atoms with Gasteiger partial charge in [-0.25, -0.2) is 0 Å². The van der Waals surface area contributed by atoms with E-state index in [4.69, 9.17) is 9.66 Å². The standard InChI is InChI=1S/C10H12N2O6S/c11-6-1-3-7(4-2-6)12-9(13)5-8(10(14)15)19(16,17)18/h1-4,8H,5,11H2,(H,12,13)(H,14,15)(H,16,17,18)/p+1. The van der Waals surface area contributed by atoms with Crippen LogP contribution in [0, 0.1) is 0 Å². The third kappa shape index (κ3) is 4.66. The number of benzene rings is 1. The molecule has 8 nitrogen and oxygen atoms in total. The van der Waals surface area contributed by atoms with Crippen LogP contribution in [0.15, 0.2) is 24.3 Å². The minimum absolute atomic E-state index is 0.372. The van der Waals surface area contributed by atoms with Crippen molar-refractivity contribution >= 4 is 33.4 Å². The highest BCUT2D eigenvalue weighted by Crippen LogP contribution is 2.12. The van der Waals surface area contributed by atoms with Crippen molar-refractivity contribution in [3.8, 4) is 0 Å². The number of nitrogens with one attached hydrogen (secondary N) is 1. The summed E-state index contributed by atoms with van der Waals surface area (Å²) < 4.78 is 30.3. The number of rotatable bonds is 5. The number of carboxylic acids is 1. The van der Waals surface area contributed by atoms with E-state index in [1.807, 2.05) is 0 Å². The van der Waals surface area contributed by atoms with E-state index in [-0.39, 0.29) is 0 Å². The van der Waals surface area contributed by atoms with Crippen LogP contribution in [0.3, 0.4) is 0 Å². The molecule has 0 saturated heterocycles. The third-order valence-electron chi connectivity index (χ3n) is 2.24. The lowest BCUT2D eigenvalue weighted by Crippen LogP contribution is -2.39. The third-order valence-corrected chi connectivity index (χ3v) is 3.33. The Morgan fingerprint density at radius 3 is 2.21 bits per heavy atom. The molecular formula is C10H13N2O6S+. The van der Waals surface area contributed by atoms with E-state index in [2.05, 4.69) is 11.1 Å². The first-order valence-electron chi connectivity index (χ1n) is 5.11. The van der Waals surface area contributed by atoms with E-state index < -0.39 is 33.7 Å². The van der Waals surface area contributed by atoms with Gasteiger partial charge in [0.1, 0.15) is 5.69 Å². The molecule has 0 heterocycles. The Labute approximate surface area is 109 Å². The van der Waals surface area contributed by atoms with Crippen molar-refractivity contribution in [2.24, 2.45) is 0 Å². The van der Waals surface area contributed by atoms with Gasteiger partial charge in [-0.15, -0.1) is 0 Å². The largest absolute Gasteiger partial charge is 0.480 e. The van der Waals surface area contributed by atoms with Crippen molar-refractivity contribution in [3.63, 3.8) is 0 Å². The summed E-state index contributed by atoms with van der Waals surface area (Å²) in [6.45, 7) is 0. The molecule has 0 aliphatic rings. The fourth-order valence-electron chi connectivity index (χ4n) is 1.29. The van der Waals surface area contributed by atoms with Crippen molar-refractivity contribution in [1.82, 2.24) is 0 Å². The Kier molecular flexibility index (Phi) is 4.59. The van der Waals surface area contributed by atoms with Crippen LogP contribution in [0.25, 0.3) is 0 Å². The minimum atomic E-state index is -4.83. The number of aliphatic carboxylic acids is 1. The number of anilines is 1. The molecule has 6 N–H and O–H groups in total. The summed E-state index contributed by atoms with van der Waals surface area (Å²) in [6, 6.07) is 6.30. The molecule has 1 atom stereocenters. The smallest absolute Gasteiger partial charge is 0.324 e. The fraction of sp³-hybridized carbons (Fsp3) is 0.200. The van der Waals surface area contributed by atoms with Crippen LogP contribution in [-0.4, -0.2) is 35.2 Å². The zero-order valence-corrected chi connectivity index (χ0v) is 10.6.